The molecule has 128 valence electrons. The molecule has 1 N–H and O–H groups in total. The molecule has 0 saturated carbocycles. The van der Waals surface area contributed by atoms with Crippen LogP contribution in [0.2, 0.25) is 0 Å². The van der Waals surface area contributed by atoms with Crippen LogP contribution in [-0.2, 0) is 0 Å². The standard InChI is InChI=1S/C18H11N9/c1-2-15-12(20-4-1)8-25-26(15)14-3-5-21-18-11(14)6-24-27(18)16-9-19-7-13-17(16)23-10-22-13/h1-10H,(H,22,23). The second kappa shape index (κ2) is 5.18. The Morgan fingerprint density at radius 2 is 1.78 bits per heavy atom. The molecule has 0 aliphatic heterocycles. The molecule has 0 atom stereocenters. The minimum Gasteiger partial charge on any atom is -0.343 e. The lowest BCUT2D eigenvalue weighted by molar-refractivity contribution is 0.894. The Kier molecular flexibility index (Phi) is 2.70. The smallest absolute Gasteiger partial charge is 0.165 e. The van der Waals surface area contributed by atoms with Crippen LogP contribution in [0.3, 0.4) is 0 Å². The van der Waals surface area contributed by atoms with E-state index in [2.05, 4.69) is 35.1 Å². The van der Waals surface area contributed by atoms with Crippen molar-refractivity contribution in [3.05, 3.63) is 61.7 Å². The van der Waals surface area contributed by atoms with Crippen molar-refractivity contribution in [2.24, 2.45) is 0 Å². The molecule has 0 bridgehead atoms. The Morgan fingerprint density at radius 3 is 2.78 bits per heavy atom. The van der Waals surface area contributed by atoms with Gasteiger partial charge in [0.25, 0.3) is 0 Å². The number of rotatable bonds is 2. The van der Waals surface area contributed by atoms with Gasteiger partial charge in [-0.25, -0.2) is 19.3 Å². The molecule has 0 aliphatic carbocycles. The highest BCUT2D eigenvalue weighted by Crippen LogP contribution is 2.26. The first kappa shape index (κ1) is 14.1. The van der Waals surface area contributed by atoms with Crippen LogP contribution in [0.25, 0.3) is 44.5 Å². The van der Waals surface area contributed by atoms with Crippen LogP contribution < -0.4 is 0 Å². The zero-order chi connectivity index (χ0) is 17.8. The number of nitrogens with zero attached hydrogens (tertiary/aromatic N) is 8. The van der Waals surface area contributed by atoms with E-state index in [4.69, 9.17) is 0 Å². The third-order valence-corrected chi connectivity index (χ3v) is 4.56. The summed E-state index contributed by atoms with van der Waals surface area (Å²) < 4.78 is 3.60. The molecule has 6 heterocycles. The van der Waals surface area contributed by atoms with E-state index in [9.17, 15) is 0 Å². The first-order valence-electron chi connectivity index (χ1n) is 8.29. The van der Waals surface area contributed by atoms with Crippen LogP contribution in [0.1, 0.15) is 0 Å². The zero-order valence-electron chi connectivity index (χ0n) is 13.9. The van der Waals surface area contributed by atoms with Crippen molar-refractivity contribution < 1.29 is 0 Å². The van der Waals surface area contributed by atoms with Crippen LogP contribution in [0.4, 0.5) is 0 Å². The van der Waals surface area contributed by atoms with E-state index >= 15 is 0 Å². The van der Waals surface area contributed by atoms with Gasteiger partial charge in [-0.2, -0.15) is 10.2 Å². The summed E-state index contributed by atoms with van der Waals surface area (Å²) in [5.41, 5.74) is 5.75. The van der Waals surface area contributed by atoms with Crippen LogP contribution in [0.15, 0.2) is 61.7 Å². The summed E-state index contributed by atoms with van der Waals surface area (Å²) in [6.45, 7) is 0. The molecule has 0 saturated heterocycles. The first-order chi connectivity index (χ1) is 13.4. The van der Waals surface area contributed by atoms with Gasteiger partial charge in [0, 0.05) is 12.4 Å². The molecule has 0 spiro atoms. The van der Waals surface area contributed by atoms with Gasteiger partial charge in [-0.05, 0) is 18.2 Å². The minimum atomic E-state index is 0.706. The van der Waals surface area contributed by atoms with E-state index in [1.54, 1.807) is 48.2 Å². The number of fused-ring (bicyclic) bond motifs is 3. The Hall–Kier alpha value is -4.14. The Labute approximate surface area is 151 Å². The fourth-order valence-corrected chi connectivity index (χ4v) is 3.34. The number of pyridine rings is 3. The Morgan fingerprint density at radius 1 is 0.815 bits per heavy atom. The fraction of sp³-hybridized carbons (Fsp3) is 0. The van der Waals surface area contributed by atoms with Crippen molar-refractivity contribution in [1.82, 2.24) is 44.5 Å². The molecular weight excluding hydrogens is 342 g/mol. The van der Waals surface area contributed by atoms with Gasteiger partial charge in [-0.3, -0.25) is 9.97 Å². The lowest BCUT2D eigenvalue weighted by atomic mass is 10.3. The summed E-state index contributed by atoms with van der Waals surface area (Å²) in [5, 5.41) is 9.92. The molecule has 0 aliphatic rings. The molecule has 27 heavy (non-hydrogen) atoms. The van der Waals surface area contributed by atoms with Gasteiger partial charge in [0.05, 0.1) is 53.2 Å². The summed E-state index contributed by atoms with van der Waals surface area (Å²) in [6, 6.07) is 5.80. The largest absolute Gasteiger partial charge is 0.343 e. The van der Waals surface area contributed by atoms with E-state index in [0.29, 0.717) is 5.65 Å². The molecule has 6 aromatic rings. The molecule has 0 aromatic carbocycles. The van der Waals surface area contributed by atoms with Gasteiger partial charge >= 0.3 is 0 Å². The molecule has 6 aromatic heterocycles. The predicted molar refractivity (Wildman–Crippen MR) is 98.7 cm³/mol. The van der Waals surface area contributed by atoms with Crippen molar-refractivity contribution in [2.45, 2.75) is 0 Å². The van der Waals surface area contributed by atoms with Gasteiger partial charge < -0.3 is 4.98 Å². The number of aromatic amines is 1. The van der Waals surface area contributed by atoms with Crippen molar-refractivity contribution in [3.8, 4) is 11.4 Å². The SMILES string of the molecule is c1cnc2cnn(-c3ccnc4c3cnn4-c3cncc4[nH]cnc34)c2c1. The second-order valence-corrected chi connectivity index (χ2v) is 6.05. The average Bonchev–Trinajstić information content (AvgIpc) is 3.44. The third-order valence-electron chi connectivity index (χ3n) is 4.56. The topological polar surface area (TPSA) is 103 Å². The van der Waals surface area contributed by atoms with E-state index < -0.39 is 0 Å². The zero-order valence-corrected chi connectivity index (χ0v) is 13.9. The van der Waals surface area contributed by atoms with Crippen LogP contribution >= 0.6 is 0 Å². The quantitative estimate of drug-likeness (QED) is 0.513. The highest BCUT2D eigenvalue weighted by atomic mass is 15.3. The van der Waals surface area contributed by atoms with Crippen molar-refractivity contribution in [2.75, 3.05) is 0 Å². The summed E-state index contributed by atoms with van der Waals surface area (Å²) in [5.74, 6) is 0. The maximum absolute atomic E-state index is 4.55. The van der Waals surface area contributed by atoms with E-state index in [1.165, 1.54) is 0 Å². The molecule has 0 amide bonds. The average molecular weight is 353 g/mol. The first-order valence-corrected chi connectivity index (χ1v) is 8.29. The van der Waals surface area contributed by atoms with E-state index in [-0.39, 0.29) is 0 Å². The highest BCUT2D eigenvalue weighted by molar-refractivity contribution is 5.90. The van der Waals surface area contributed by atoms with Gasteiger partial charge in [0.1, 0.15) is 16.7 Å². The fourth-order valence-electron chi connectivity index (χ4n) is 3.34. The number of imidazole rings is 1. The van der Waals surface area contributed by atoms with Gasteiger partial charge in [0.15, 0.2) is 5.65 Å². The molecule has 6 rings (SSSR count). The summed E-state index contributed by atoms with van der Waals surface area (Å²) in [7, 11) is 0. The molecule has 0 radical (unpaired) electrons. The Bertz CT molecular complexity index is 1440. The Balaban J connectivity index is 1.63. The van der Waals surface area contributed by atoms with Crippen LogP contribution in [0.5, 0.6) is 0 Å². The van der Waals surface area contributed by atoms with Gasteiger partial charge in [-0.15, -0.1) is 0 Å². The lowest BCUT2D eigenvalue weighted by Gasteiger charge is -2.06. The number of hydrogen-bond acceptors (Lipinski definition) is 6. The number of aromatic nitrogens is 9. The van der Waals surface area contributed by atoms with Crippen LogP contribution in [0, 0.1) is 0 Å². The van der Waals surface area contributed by atoms with E-state index in [1.807, 2.05) is 22.9 Å². The summed E-state index contributed by atoms with van der Waals surface area (Å²) in [6.07, 6.45) is 12.1. The van der Waals surface area contributed by atoms with Crippen molar-refractivity contribution >= 4 is 33.1 Å². The molecule has 9 nitrogen and oxygen atoms in total. The number of hydrogen-bond donors (Lipinski definition) is 1. The van der Waals surface area contributed by atoms with Crippen molar-refractivity contribution in [3.63, 3.8) is 0 Å². The summed E-state index contributed by atoms with van der Waals surface area (Å²) >= 11 is 0. The van der Waals surface area contributed by atoms with E-state index in [0.717, 1.165) is 38.8 Å². The molecule has 0 fully saturated rings. The predicted octanol–water partition coefficient (Wildman–Crippen LogP) is 2.43. The molecule has 9 heteroatoms. The minimum absolute atomic E-state index is 0.706. The lowest BCUT2D eigenvalue weighted by Crippen LogP contribution is -2.01. The molecule has 0 unspecified atom stereocenters. The maximum Gasteiger partial charge on any atom is 0.165 e. The molecular formula is C18H11N9. The number of H-pyrrole nitrogens is 1. The van der Waals surface area contributed by atoms with Gasteiger partial charge in [0.2, 0.25) is 0 Å². The third kappa shape index (κ3) is 1.93. The van der Waals surface area contributed by atoms with Crippen LogP contribution in [-0.4, -0.2) is 44.5 Å². The second-order valence-electron chi connectivity index (χ2n) is 6.05. The van der Waals surface area contributed by atoms with Crippen molar-refractivity contribution in [1.29, 1.82) is 0 Å². The summed E-state index contributed by atoms with van der Waals surface area (Å²) in [4.78, 5) is 20.6. The monoisotopic (exact) mass is 353 g/mol. The number of nitrogens with one attached hydrogen (secondary N) is 1. The normalized spacial score (nSPS) is 11.7. The maximum atomic E-state index is 4.55. The highest BCUT2D eigenvalue weighted by Gasteiger charge is 2.16. The van der Waals surface area contributed by atoms with Gasteiger partial charge in [-0.1, -0.05) is 0 Å².